The molecule has 0 saturated heterocycles. The zero-order valence-electron chi connectivity index (χ0n) is 14.5. The van der Waals surface area contributed by atoms with Crippen molar-refractivity contribution >= 4 is 5.96 Å². The van der Waals surface area contributed by atoms with Crippen molar-refractivity contribution < 1.29 is 4.39 Å². The van der Waals surface area contributed by atoms with Crippen LogP contribution in [0.15, 0.2) is 29.3 Å². The highest BCUT2D eigenvalue weighted by Crippen LogP contribution is 2.41. The summed E-state index contributed by atoms with van der Waals surface area (Å²) in [5, 5.41) is 11.3. The zero-order valence-corrected chi connectivity index (χ0v) is 14.5. The van der Waals surface area contributed by atoms with Gasteiger partial charge in [-0.25, -0.2) is 14.1 Å². The Morgan fingerprint density at radius 3 is 2.96 bits per heavy atom. The lowest BCUT2D eigenvalue weighted by Gasteiger charge is -2.25. The van der Waals surface area contributed by atoms with Gasteiger partial charge in [-0.15, -0.1) is 0 Å². The molecule has 0 radical (unpaired) electrons. The third-order valence-electron chi connectivity index (χ3n) is 4.93. The zero-order chi connectivity index (χ0) is 17.4. The van der Waals surface area contributed by atoms with E-state index in [1.54, 1.807) is 13.1 Å². The normalized spacial score (nSPS) is 25.4. The largest absolute Gasteiger partial charge is 0.353 e. The third-order valence-corrected chi connectivity index (χ3v) is 4.93. The summed E-state index contributed by atoms with van der Waals surface area (Å²) in [4.78, 5) is 8.88. The molecule has 7 heteroatoms. The number of fused-ring (bicyclic) bond motifs is 1. The number of hydrogen-bond donors (Lipinski definition) is 2. The van der Waals surface area contributed by atoms with Crippen molar-refractivity contribution in [2.75, 3.05) is 7.05 Å². The van der Waals surface area contributed by atoms with Crippen LogP contribution in [-0.2, 0) is 6.54 Å². The van der Waals surface area contributed by atoms with Gasteiger partial charge in [-0.05, 0) is 37.8 Å². The molecule has 1 aliphatic heterocycles. The molecule has 0 bridgehead atoms. The summed E-state index contributed by atoms with van der Waals surface area (Å²) < 4.78 is 15.9. The van der Waals surface area contributed by atoms with Gasteiger partial charge in [0.15, 0.2) is 5.96 Å². The number of guanidine groups is 1. The molecule has 1 aromatic carbocycles. The Morgan fingerprint density at radius 1 is 1.32 bits per heavy atom. The van der Waals surface area contributed by atoms with E-state index in [0.717, 1.165) is 49.0 Å². The van der Waals surface area contributed by atoms with Crippen LogP contribution in [-0.4, -0.2) is 33.8 Å². The molecule has 1 aromatic heterocycles. The molecule has 25 heavy (non-hydrogen) atoms. The fourth-order valence-electron chi connectivity index (χ4n) is 3.59. The van der Waals surface area contributed by atoms with Crippen molar-refractivity contribution in [1.29, 1.82) is 0 Å². The highest BCUT2D eigenvalue weighted by molar-refractivity contribution is 5.81. The fourth-order valence-corrected chi connectivity index (χ4v) is 3.59. The summed E-state index contributed by atoms with van der Waals surface area (Å²) in [7, 11) is 1.76. The predicted octanol–water partition coefficient (Wildman–Crippen LogP) is 2.28. The van der Waals surface area contributed by atoms with E-state index >= 15 is 0 Å². The molecule has 2 heterocycles. The number of nitrogens with one attached hydrogen (secondary N) is 2. The second-order valence-corrected chi connectivity index (χ2v) is 6.77. The van der Waals surface area contributed by atoms with E-state index in [9.17, 15) is 4.39 Å². The summed E-state index contributed by atoms with van der Waals surface area (Å²) in [6, 6.07) is 7.32. The van der Waals surface area contributed by atoms with E-state index in [-0.39, 0.29) is 23.8 Å². The van der Waals surface area contributed by atoms with Crippen LogP contribution in [0.25, 0.3) is 0 Å². The van der Waals surface area contributed by atoms with Crippen LogP contribution in [0.4, 0.5) is 4.39 Å². The molecule has 1 saturated carbocycles. The maximum Gasteiger partial charge on any atom is 0.191 e. The Labute approximate surface area is 146 Å². The summed E-state index contributed by atoms with van der Waals surface area (Å²) in [5.74, 6) is 2.58. The number of rotatable bonds is 3. The van der Waals surface area contributed by atoms with Crippen molar-refractivity contribution in [3.63, 3.8) is 0 Å². The number of hydrogen-bond acceptors (Lipinski definition) is 3. The van der Waals surface area contributed by atoms with E-state index in [2.05, 4.69) is 25.7 Å². The van der Waals surface area contributed by atoms with Crippen LogP contribution < -0.4 is 10.6 Å². The maximum absolute atomic E-state index is 13.9. The summed E-state index contributed by atoms with van der Waals surface area (Å²) in [6.07, 6.45) is 2.98. The molecular formula is C18H23FN6. The summed E-state index contributed by atoms with van der Waals surface area (Å²) in [5.41, 5.74) is 0.781. The van der Waals surface area contributed by atoms with Crippen molar-refractivity contribution in [3.05, 3.63) is 47.3 Å². The molecule has 4 rings (SSSR count). The van der Waals surface area contributed by atoms with E-state index in [0.29, 0.717) is 0 Å². The number of halogens is 1. The fraction of sp³-hybridized carbons (Fsp3) is 0.500. The lowest BCUT2D eigenvalue weighted by Crippen LogP contribution is -2.42. The van der Waals surface area contributed by atoms with Crippen LogP contribution in [0.1, 0.15) is 48.4 Å². The number of nitrogens with zero attached hydrogens (tertiary/aromatic N) is 4. The lowest BCUT2D eigenvalue weighted by atomic mass is 10.1. The highest BCUT2D eigenvalue weighted by atomic mass is 19.1. The predicted molar refractivity (Wildman–Crippen MR) is 93.9 cm³/mol. The highest BCUT2D eigenvalue weighted by Gasteiger charge is 2.40. The lowest BCUT2D eigenvalue weighted by molar-refractivity contribution is 0.397. The molecule has 1 fully saturated rings. The van der Waals surface area contributed by atoms with Gasteiger partial charge >= 0.3 is 0 Å². The number of aromatic nitrogens is 3. The first-order valence-corrected chi connectivity index (χ1v) is 8.81. The van der Waals surface area contributed by atoms with Gasteiger partial charge in [0.1, 0.15) is 17.5 Å². The van der Waals surface area contributed by atoms with E-state index in [4.69, 9.17) is 0 Å². The second-order valence-electron chi connectivity index (χ2n) is 6.77. The average Bonchev–Trinajstić information content (AvgIpc) is 3.25. The number of aryl methyl sites for hydroxylation is 2. The van der Waals surface area contributed by atoms with Gasteiger partial charge in [0, 0.05) is 25.6 Å². The summed E-state index contributed by atoms with van der Waals surface area (Å²) >= 11 is 0. The minimum atomic E-state index is -0.129. The Hall–Kier alpha value is -2.44. The molecule has 3 atom stereocenters. The molecule has 2 aromatic rings. The molecule has 3 unspecified atom stereocenters. The minimum absolute atomic E-state index is 0.104. The molecule has 132 valence electrons. The van der Waals surface area contributed by atoms with Gasteiger partial charge < -0.3 is 10.6 Å². The Morgan fingerprint density at radius 2 is 2.16 bits per heavy atom. The molecule has 0 amide bonds. The van der Waals surface area contributed by atoms with Crippen molar-refractivity contribution in [2.24, 2.45) is 4.99 Å². The SMILES string of the molecule is CN=C(NC1CCCn2nc(C)nc21)NC1CC1c1ccccc1F. The number of aliphatic imine (C=N–C) groups is 1. The van der Waals surface area contributed by atoms with Crippen LogP contribution in [0.2, 0.25) is 0 Å². The van der Waals surface area contributed by atoms with Gasteiger partial charge in [-0.1, -0.05) is 18.2 Å². The first-order valence-electron chi connectivity index (χ1n) is 8.81. The third kappa shape index (κ3) is 3.23. The van der Waals surface area contributed by atoms with Gasteiger partial charge in [-0.3, -0.25) is 4.99 Å². The standard InChI is InChI=1S/C18H23FN6/c1-11-21-17-15(8-5-9-25(17)24-11)22-18(20-2)23-16-10-13(16)12-6-3-4-7-14(12)19/h3-4,6-7,13,15-16H,5,8-10H2,1-2H3,(H2,20,22,23). The van der Waals surface area contributed by atoms with E-state index in [1.807, 2.05) is 23.7 Å². The first kappa shape index (κ1) is 16.1. The average molecular weight is 342 g/mol. The van der Waals surface area contributed by atoms with Crippen LogP contribution in [0.5, 0.6) is 0 Å². The van der Waals surface area contributed by atoms with Crippen molar-refractivity contribution in [3.8, 4) is 0 Å². The van der Waals surface area contributed by atoms with E-state index in [1.165, 1.54) is 6.07 Å². The van der Waals surface area contributed by atoms with Gasteiger partial charge in [-0.2, -0.15) is 5.10 Å². The Balaban J connectivity index is 1.41. The maximum atomic E-state index is 13.9. The Bertz CT molecular complexity index is 799. The van der Waals surface area contributed by atoms with Crippen LogP contribution in [0.3, 0.4) is 0 Å². The van der Waals surface area contributed by atoms with E-state index < -0.39 is 0 Å². The quantitative estimate of drug-likeness (QED) is 0.663. The molecule has 2 N–H and O–H groups in total. The topological polar surface area (TPSA) is 67.1 Å². The first-order chi connectivity index (χ1) is 12.2. The molecule has 1 aliphatic carbocycles. The smallest absolute Gasteiger partial charge is 0.191 e. The van der Waals surface area contributed by atoms with Crippen LogP contribution >= 0.6 is 0 Å². The van der Waals surface area contributed by atoms with Gasteiger partial charge in [0.05, 0.1) is 6.04 Å². The molecule has 6 nitrogen and oxygen atoms in total. The Kier molecular flexibility index (Phi) is 4.15. The van der Waals surface area contributed by atoms with Gasteiger partial charge in [0.25, 0.3) is 0 Å². The van der Waals surface area contributed by atoms with Crippen LogP contribution in [0, 0.1) is 12.7 Å². The molecule has 0 spiro atoms. The minimum Gasteiger partial charge on any atom is -0.353 e. The summed E-state index contributed by atoms with van der Waals surface area (Å²) in [6.45, 7) is 2.83. The monoisotopic (exact) mass is 342 g/mol. The van der Waals surface area contributed by atoms with Crippen molar-refractivity contribution in [1.82, 2.24) is 25.4 Å². The second kappa shape index (κ2) is 6.46. The van der Waals surface area contributed by atoms with Gasteiger partial charge in [0.2, 0.25) is 0 Å². The molecular weight excluding hydrogens is 319 g/mol. The van der Waals surface area contributed by atoms with Crippen molar-refractivity contribution in [2.45, 2.75) is 50.7 Å². The molecule has 2 aliphatic rings. The number of benzene rings is 1.